The van der Waals surface area contributed by atoms with E-state index in [-0.39, 0.29) is 17.8 Å². The number of carbonyl (C=O) groups is 2. The predicted octanol–water partition coefficient (Wildman–Crippen LogP) is 3.92. The van der Waals surface area contributed by atoms with E-state index in [0.717, 1.165) is 0 Å². The molecular weight excluding hydrogens is 389 g/mol. The first kappa shape index (κ1) is 19.3. The molecule has 1 unspecified atom stereocenters. The molecule has 0 saturated heterocycles. The highest BCUT2D eigenvalue weighted by Crippen LogP contribution is 2.37. The maximum atomic E-state index is 14.1. The quantitative estimate of drug-likeness (QED) is 0.528. The summed E-state index contributed by atoms with van der Waals surface area (Å²) in [5.74, 6) is -1.69. The molecule has 4 rings (SSSR count). The molecule has 1 aliphatic heterocycles. The summed E-state index contributed by atoms with van der Waals surface area (Å²) in [6.07, 6.45) is 0. The lowest BCUT2D eigenvalue weighted by Gasteiger charge is -2.30. The van der Waals surface area contributed by atoms with Crippen molar-refractivity contribution in [3.05, 3.63) is 105 Å². The molecule has 7 nitrogen and oxygen atoms in total. The number of amides is 2. The molecule has 0 spiro atoms. The Morgan fingerprint density at radius 2 is 1.77 bits per heavy atom. The van der Waals surface area contributed by atoms with Crippen LogP contribution in [0.5, 0.6) is 0 Å². The van der Waals surface area contributed by atoms with Crippen LogP contribution in [0, 0.1) is 15.9 Å². The van der Waals surface area contributed by atoms with Gasteiger partial charge in [-0.05, 0) is 29.8 Å². The minimum atomic E-state index is -0.817. The molecule has 0 saturated carbocycles. The highest BCUT2D eigenvalue weighted by molar-refractivity contribution is 6.03. The monoisotopic (exact) mass is 405 g/mol. The van der Waals surface area contributed by atoms with Gasteiger partial charge in [-0.1, -0.05) is 42.5 Å². The van der Waals surface area contributed by atoms with Crippen LogP contribution in [0.1, 0.15) is 27.5 Å². The number of nitrogens with one attached hydrogen (secondary N) is 1. The van der Waals surface area contributed by atoms with Crippen LogP contribution in [-0.2, 0) is 4.79 Å². The number of benzene rings is 3. The molecule has 0 fully saturated rings. The van der Waals surface area contributed by atoms with Gasteiger partial charge in [0.25, 0.3) is 11.6 Å². The highest BCUT2D eigenvalue weighted by atomic mass is 19.1. The zero-order valence-corrected chi connectivity index (χ0v) is 15.6. The van der Waals surface area contributed by atoms with Gasteiger partial charge in [0.15, 0.2) is 0 Å². The number of fused-ring (bicyclic) bond motifs is 1. The van der Waals surface area contributed by atoms with Gasteiger partial charge in [-0.2, -0.15) is 0 Å². The summed E-state index contributed by atoms with van der Waals surface area (Å²) in [6, 6.07) is 17.5. The fourth-order valence-electron chi connectivity index (χ4n) is 3.63. The van der Waals surface area contributed by atoms with Crippen LogP contribution < -0.4 is 5.32 Å². The van der Waals surface area contributed by atoms with Crippen LogP contribution in [0.15, 0.2) is 72.8 Å². The third-order valence-electron chi connectivity index (χ3n) is 4.92. The Hall–Kier alpha value is -4.07. The average Bonchev–Trinajstić information content (AvgIpc) is 2.89. The standard InChI is InChI=1S/C22H16FN3O4/c23-15-10-11-18-17(12-15)21(14-6-2-1-3-7-14)25(13-20(27)24-18)22(28)16-8-4-5-9-19(16)26(29)30/h1-12,21H,13H2,(H,24,27). The van der Waals surface area contributed by atoms with Gasteiger partial charge < -0.3 is 10.2 Å². The molecular formula is C22H16FN3O4. The van der Waals surface area contributed by atoms with Gasteiger partial charge >= 0.3 is 0 Å². The minimum Gasteiger partial charge on any atom is -0.324 e. The Morgan fingerprint density at radius 3 is 2.50 bits per heavy atom. The van der Waals surface area contributed by atoms with Gasteiger partial charge in [0, 0.05) is 17.3 Å². The second-order valence-electron chi connectivity index (χ2n) is 6.80. The molecule has 0 radical (unpaired) electrons. The van der Waals surface area contributed by atoms with E-state index in [9.17, 15) is 24.1 Å². The molecule has 1 heterocycles. The number of rotatable bonds is 3. The van der Waals surface area contributed by atoms with E-state index in [4.69, 9.17) is 0 Å². The predicted molar refractivity (Wildman–Crippen MR) is 107 cm³/mol. The number of nitrogens with zero attached hydrogens (tertiary/aromatic N) is 2. The van der Waals surface area contributed by atoms with Crippen molar-refractivity contribution < 1.29 is 18.9 Å². The summed E-state index contributed by atoms with van der Waals surface area (Å²) in [7, 11) is 0. The molecule has 1 N–H and O–H groups in total. The molecule has 0 aliphatic carbocycles. The zero-order chi connectivity index (χ0) is 21.3. The summed E-state index contributed by atoms with van der Waals surface area (Å²) >= 11 is 0. The Kier molecular flexibility index (Phi) is 4.97. The SMILES string of the molecule is O=C1CN(C(=O)c2ccccc2[N+](=O)[O-])C(c2ccccc2)c2cc(F)ccc2N1. The van der Waals surface area contributed by atoms with Crippen molar-refractivity contribution >= 4 is 23.2 Å². The Morgan fingerprint density at radius 1 is 1.07 bits per heavy atom. The number of anilines is 1. The summed E-state index contributed by atoms with van der Waals surface area (Å²) in [5.41, 5.74) is 0.911. The maximum absolute atomic E-state index is 14.1. The van der Waals surface area contributed by atoms with E-state index >= 15 is 0 Å². The first-order chi connectivity index (χ1) is 14.5. The number of halogens is 1. The Labute approximate surface area is 170 Å². The van der Waals surface area contributed by atoms with E-state index in [1.165, 1.54) is 47.4 Å². The molecule has 3 aromatic rings. The van der Waals surface area contributed by atoms with Gasteiger partial charge in [0.1, 0.15) is 17.9 Å². The normalized spacial score (nSPS) is 15.7. The smallest absolute Gasteiger partial charge is 0.282 e. The molecule has 2 amide bonds. The molecule has 3 aromatic carbocycles. The van der Waals surface area contributed by atoms with E-state index in [0.29, 0.717) is 16.8 Å². The highest BCUT2D eigenvalue weighted by Gasteiger charge is 2.36. The van der Waals surface area contributed by atoms with Crippen molar-refractivity contribution in [2.24, 2.45) is 0 Å². The lowest BCUT2D eigenvalue weighted by molar-refractivity contribution is -0.385. The van der Waals surface area contributed by atoms with Gasteiger partial charge in [-0.15, -0.1) is 0 Å². The molecule has 30 heavy (non-hydrogen) atoms. The molecule has 1 aliphatic rings. The first-order valence-electron chi connectivity index (χ1n) is 9.14. The van der Waals surface area contributed by atoms with Gasteiger partial charge in [-0.3, -0.25) is 19.7 Å². The fourth-order valence-corrected chi connectivity index (χ4v) is 3.63. The Balaban J connectivity index is 1.92. The minimum absolute atomic E-state index is 0.143. The van der Waals surface area contributed by atoms with E-state index in [1.807, 2.05) is 0 Å². The van der Waals surface area contributed by atoms with Crippen LogP contribution >= 0.6 is 0 Å². The molecule has 0 bridgehead atoms. The molecule has 150 valence electrons. The Bertz CT molecular complexity index is 1150. The van der Waals surface area contributed by atoms with Crippen LogP contribution in [-0.4, -0.2) is 28.2 Å². The third kappa shape index (κ3) is 3.50. The largest absolute Gasteiger partial charge is 0.324 e. The second-order valence-corrected chi connectivity index (χ2v) is 6.80. The molecule has 0 aromatic heterocycles. The second kappa shape index (κ2) is 7.75. The number of hydrogen-bond acceptors (Lipinski definition) is 4. The van der Waals surface area contributed by atoms with Crippen LogP contribution in [0.2, 0.25) is 0 Å². The van der Waals surface area contributed by atoms with Crippen molar-refractivity contribution in [1.82, 2.24) is 4.90 Å². The number of nitro groups is 1. The van der Waals surface area contributed by atoms with Gasteiger partial charge in [-0.25, -0.2) is 4.39 Å². The number of hydrogen-bond donors (Lipinski definition) is 1. The topological polar surface area (TPSA) is 92.5 Å². The first-order valence-corrected chi connectivity index (χ1v) is 9.14. The number of para-hydroxylation sites is 1. The average molecular weight is 405 g/mol. The summed E-state index contributed by atoms with van der Waals surface area (Å²) < 4.78 is 14.1. The maximum Gasteiger partial charge on any atom is 0.282 e. The van der Waals surface area contributed by atoms with Crippen molar-refractivity contribution in [1.29, 1.82) is 0 Å². The summed E-state index contributed by atoms with van der Waals surface area (Å²) in [5, 5.41) is 14.1. The van der Waals surface area contributed by atoms with Crippen LogP contribution in [0.3, 0.4) is 0 Å². The van der Waals surface area contributed by atoms with Crippen molar-refractivity contribution in [3.8, 4) is 0 Å². The van der Waals surface area contributed by atoms with E-state index in [1.54, 1.807) is 30.3 Å². The molecule has 8 heteroatoms. The summed E-state index contributed by atoms with van der Waals surface area (Å²) in [6.45, 7) is -0.346. The third-order valence-corrected chi connectivity index (χ3v) is 4.92. The zero-order valence-electron chi connectivity index (χ0n) is 15.6. The lowest BCUT2D eigenvalue weighted by Crippen LogP contribution is -2.39. The van der Waals surface area contributed by atoms with Crippen LogP contribution in [0.25, 0.3) is 0 Å². The number of nitro benzene ring substituents is 1. The van der Waals surface area contributed by atoms with Crippen molar-refractivity contribution in [2.45, 2.75) is 6.04 Å². The molecule has 1 atom stereocenters. The number of carbonyl (C=O) groups excluding carboxylic acids is 2. The van der Waals surface area contributed by atoms with E-state index in [2.05, 4.69) is 5.32 Å². The van der Waals surface area contributed by atoms with Crippen LogP contribution in [0.4, 0.5) is 15.8 Å². The lowest BCUT2D eigenvalue weighted by atomic mass is 9.95. The summed E-state index contributed by atoms with van der Waals surface area (Å²) in [4.78, 5) is 38.0. The fraction of sp³-hybridized carbons (Fsp3) is 0.0909. The van der Waals surface area contributed by atoms with Gasteiger partial charge in [0.2, 0.25) is 5.91 Å². The van der Waals surface area contributed by atoms with Gasteiger partial charge in [0.05, 0.1) is 11.0 Å². The van der Waals surface area contributed by atoms with Crippen molar-refractivity contribution in [3.63, 3.8) is 0 Å². The van der Waals surface area contributed by atoms with Crippen molar-refractivity contribution in [2.75, 3.05) is 11.9 Å². The van der Waals surface area contributed by atoms with E-state index < -0.39 is 28.6 Å².